The summed E-state index contributed by atoms with van der Waals surface area (Å²) in [6, 6.07) is 7.19. The fourth-order valence-corrected chi connectivity index (χ4v) is 7.57. The van der Waals surface area contributed by atoms with Gasteiger partial charge in [-0.15, -0.1) is 0 Å². The summed E-state index contributed by atoms with van der Waals surface area (Å²) in [4.78, 5) is 0.359. The number of hydrazine groups is 1. The molecule has 2 N–H and O–H groups in total. The van der Waals surface area contributed by atoms with Crippen LogP contribution in [0.25, 0.3) is 0 Å². The molecule has 4 saturated heterocycles. The van der Waals surface area contributed by atoms with Crippen molar-refractivity contribution in [3.05, 3.63) is 29.3 Å². The van der Waals surface area contributed by atoms with E-state index in [9.17, 15) is 8.42 Å². The van der Waals surface area contributed by atoms with Crippen LogP contribution in [0, 0.1) is 5.92 Å². The standard InChI is InChI=1S/C18H25ClN4O2S/c19-12-4-6-14(7-5-12)26(24,25)23-13-2-1-3-16(23)15-11-20-18-8-9-21-22(18)17(15)10-13/h4-7,13,15-18,20-21H,1-3,8-11H2. The minimum Gasteiger partial charge on any atom is -0.300 e. The van der Waals surface area contributed by atoms with E-state index in [4.69, 9.17) is 11.6 Å². The van der Waals surface area contributed by atoms with Gasteiger partial charge in [0.05, 0.1) is 11.1 Å². The Morgan fingerprint density at radius 1 is 1.08 bits per heavy atom. The predicted molar refractivity (Wildman–Crippen MR) is 100 cm³/mol. The third-order valence-corrected chi connectivity index (χ3v) is 8.85. The second-order valence-electron chi connectivity index (χ2n) is 7.94. The average Bonchev–Trinajstić information content (AvgIpc) is 3.11. The minimum absolute atomic E-state index is 0.0732. The molecular formula is C18H25ClN4O2S. The lowest BCUT2D eigenvalue weighted by atomic mass is 9.74. The first-order chi connectivity index (χ1) is 12.6. The summed E-state index contributed by atoms with van der Waals surface area (Å²) >= 11 is 5.96. The number of halogens is 1. The Morgan fingerprint density at radius 3 is 2.69 bits per heavy atom. The van der Waals surface area contributed by atoms with Gasteiger partial charge in [0.1, 0.15) is 0 Å². The van der Waals surface area contributed by atoms with E-state index in [0.29, 0.717) is 28.0 Å². The summed E-state index contributed by atoms with van der Waals surface area (Å²) in [6.07, 6.45) is 5.45. The second-order valence-corrected chi connectivity index (χ2v) is 10.2. The Hall–Kier alpha value is -0.700. The van der Waals surface area contributed by atoms with E-state index in [-0.39, 0.29) is 12.1 Å². The summed E-state index contributed by atoms with van der Waals surface area (Å²) in [5.74, 6) is 0.329. The lowest BCUT2D eigenvalue weighted by Crippen LogP contribution is -2.71. The highest BCUT2D eigenvalue weighted by atomic mass is 35.5. The third-order valence-electron chi connectivity index (χ3n) is 6.61. The molecule has 26 heavy (non-hydrogen) atoms. The fraction of sp³-hybridized carbons (Fsp3) is 0.667. The molecule has 0 amide bonds. The Balaban J connectivity index is 1.49. The SMILES string of the molecule is O=S(=O)(c1ccc(Cl)cc1)N1C2CCCC1C1CNC3CCNN3C1C2. The Labute approximate surface area is 159 Å². The molecule has 0 aliphatic carbocycles. The molecule has 1 aromatic carbocycles. The summed E-state index contributed by atoms with van der Waals surface area (Å²) in [5.41, 5.74) is 3.53. The molecule has 5 rings (SSSR count). The van der Waals surface area contributed by atoms with Crippen LogP contribution < -0.4 is 10.7 Å². The molecule has 0 saturated carbocycles. The Bertz CT molecular complexity index is 787. The van der Waals surface area contributed by atoms with Crippen LogP contribution in [0.15, 0.2) is 29.2 Å². The lowest BCUT2D eigenvalue weighted by Gasteiger charge is -2.56. The number of hydrogen-bond donors (Lipinski definition) is 2. The molecule has 6 nitrogen and oxygen atoms in total. The average molecular weight is 397 g/mol. The van der Waals surface area contributed by atoms with E-state index in [2.05, 4.69) is 15.8 Å². The van der Waals surface area contributed by atoms with Crippen LogP contribution in [0.4, 0.5) is 0 Å². The molecule has 0 radical (unpaired) electrons. The first kappa shape index (κ1) is 17.4. The molecule has 0 spiro atoms. The molecule has 1 aromatic rings. The van der Waals surface area contributed by atoms with E-state index >= 15 is 0 Å². The smallest absolute Gasteiger partial charge is 0.243 e. The normalized spacial score (nSPS) is 38.0. The molecule has 8 heteroatoms. The fourth-order valence-electron chi connectivity index (χ4n) is 5.52. The van der Waals surface area contributed by atoms with Gasteiger partial charge in [0.2, 0.25) is 10.0 Å². The number of nitrogens with zero attached hydrogens (tertiary/aromatic N) is 2. The summed E-state index contributed by atoms with van der Waals surface area (Å²) in [5, 5.41) is 6.57. The highest BCUT2D eigenvalue weighted by Crippen LogP contribution is 2.44. The molecule has 142 valence electrons. The number of nitrogens with one attached hydrogen (secondary N) is 2. The molecule has 4 heterocycles. The third kappa shape index (κ3) is 2.64. The lowest BCUT2D eigenvalue weighted by molar-refractivity contribution is -0.0630. The van der Waals surface area contributed by atoms with Gasteiger partial charge in [-0.05, 0) is 49.9 Å². The highest BCUT2D eigenvalue weighted by Gasteiger charge is 2.54. The number of benzene rings is 1. The van der Waals surface area contributed by atoms with Crippen molar-refractivity contribution in [2.24, 2.45) is 5.92 Å². The maximum atomic E-state index is 13.4. The Kier molecular flexibility index (Phi) is 4.30. The molecule has 5 atom stereocenters. The number of rotatable bonds is 2. The van der Waals surface area contributed by atoms with Gasteiger partial charge in [0, 0.05) is 42.2 Å². The van der Waals surface area contributed by atoms with Crippen LogP contribution in [0.1, 0.15) is 32.1 Å². The molecule has 4 fully saturated rings. The predicted octanol–water partition coefficient (Wildman–Crippen LogP) is 1.78. The van der Waals surface area contributed by atoms with Crippen molar-refractivity contribution >= 4 is 21.6 Å². The summed E-state index contributed by atoms with van der Waals surface area (Å²) < 4.78 is 28.7. The Morgan fingerprint density at radius 2 is 1.88 bits per heavy atom. The van der Waals surface area contributed by atoms with Gasteiger partial charge in [-0.2, -0.15) is 4.31 Å². The van der Waals surface area contributed by atoms with Crippen LogP contribution in [0.3, 0.4) is 0 Å². The number of fused-ring (bicyclic) bond motifs is 6. The van der Waals surface area contributed by atoms with Crippen molar-refractivity contribution < 1.29 is 8.42 Å². The van der Waals surface area contributed by atoms with Crippen LogP contribution in [-0.4, -0.2) is 55.1 Å². The first-order valence-electron chi connectivity index (χ1n) is 9.60. The largest absolute Gasteiger partial charge is 0.300 e. The van der Waals surface area contributed by atoms with Crippen molar-refractivity contribution in [3.63, 3.8) is 0 Å². The molecular weight excluding hydrogens is 372 g/mol. The van der Waals surface area contributed by atoms with Crippen LogP contribution in [0.5, 0.6) is 0 Å². The van der Waals surface area contributed by atoms with Crippen molar-refractivity contribution in [1.82, 2.24) is 20.1 Å². The van der Waals surface area contributed by atoms with Crippen molar-refractivity contribution in [2.75, 3.05) is 13.1 Å². The zero-order valence-electron chi connectivity index (χ0n) is 14.6. The van der Waals surface area contributed by atoms with Gasteiger partial charge in [0.15, 0.2) is 0 Å². The van der Waals surface area contributed by atoms with E-state index < -0.39 is 10.0 Å². The molecule has 5 unspecified atom stereocenters. The van der Waals surface area contributed by atoms with E-state index in [0.717, 1.165) is 45.2 Å². The molecule has 4 aliphatic heterocycles. The van der Waals surface area contributed by atoms with Crippen LogP contribution in [0.2, 0.25) is 5.02 Å². The zero-order chi connectivity index (χ0) is 17.9. The number of hydrogen-bond acceptors (Lipinski definition) is 5. The van der Waals surface area contributed by atoms with Gasteiger partial charge in [-0.25, -0.2) is 13.4 Å². The van der Waals surface area contributed by atoms with Crippen LogP contribution >= 0.6 is 11.6 Å². The van der Waals surface area contributed by atoms with E-state index in [1.807, 2.05) is 4.31 Å². The van der Waals surface area contributed by atoms with Crippen molar-refractivity contribution in [2.45, 2.75) is 61.3 Å². The van der Waals surface area contributed by atoms with Crippen molar-refractivity contribution in [3.8, 4) is 0 Å². The van der Waals surface area contributed by atoms with Crippen molar-refractivity contribution in [1.29, 1.82) is 0 Å². The first-order valence-corrected chi connectivity index (χ1v) is 11.4. The molecule has 4 aliphatic rings. The summed E-state index contributed by atoms with van der Waals surface area (Å²) in [6.45, 7) is 1.90. The number of piperidine rings is 2. The zero-order valence-corrected chi connectivity index (χ0v) is 16.2. The monoisotopic (exact) mass is 396 g/mol. The highest BCUT2D eigenvalue weighted by molar-refractivity contribution is 7.89. The maximum absolute atomic E-state index is 13.4. The number of sulfonamides is 1. The topological polar surface area (TPSA) is 64.7 Å². The summed E-state index contributed by atoms with van der Waals surface area (Å²) in [7, 11) is -3.50. The van der Waals surface area contributed by atoms with E-state index in [1.165, 1.54) is 0 Å². The quantitative estimate of drug-likeness (QED) is 0.797. The van der Waals surface area contributed by atoms with Gasteiger partial charge < -0.3 is 5.32 Å². The second kappa shape index (κ2) is 6.43. The minimum atomic E-state index is -3.50. The van der Waals surface area contributed by atoms with Gasteiger partial charge >= 0.3 is 0 Å². The van der Waals surface area contributed by atoms with Gasteiger partial charge in [-0.3, -0.25) is 5.43 Å². The molecule has 0 aromatic heterocycles. The van der Waals surface area contributed by atoms with Gasteiger partial charge in [-0.1, -0.05) is 18.0 Å². The van der Waals surface area contributed by atoms with Gasteiger partial charge in [0.25, 0.3) is 0 Å². The maximum Gasteiger partial charge on any atom is 0.243 e. The van der Waals surface area contributed by atoms with Crippen LogP contribution in [-0.2, 0) is 10.0 Å². The molecule has 2 bridgehead atoms. The van der Waals surface area contributed by atoms with E-state index in [1.54, 1.807) is 24.3 Å².